The first kappa shape index (κ1) is 14.7. The van der Waals surface area contributed by atoms with Gasteiger partial charge < -0.3 is 10.0 Å². The Bertz CT molecular complexity index is 741. The standard InChI is InChI=1S/C16H19N3O3/c20-10-4-6-11-5-3-9-19(11)16(22)14-15(21)12-7-1-2-8-13(12)17-18-14/h1-2,7-8,11,20H,3-6,9-10H2,(H,17,21). The van der Waals surface area contributed by atoms with Gasteiger partial charge in [0.1, 0.15) is 0 Å². The largest absolute Gasteiger partial charge is 0.396 e. The molecule has 0 radical (unpaired) electrons. The summed E-state index contributed by atoms with van der Waals surface area (Å²) in [6.07, 6.45) is 3.26. The van der Waals surface area contributed by atoms with Crippen LogP contribution in [0.4, 0.5) is 0 Å². The van der Waals surface area contributed by atoms with E-state index in [4.69, 9.17) is 5.11 Å². The van der Waals surface area contributed by atoms with E-state index in [1.54, 1.807) is 23.1 Å². The van der Waals surface area contributed by atoms with E-state index in [-0.39, 0.29) is 29.7 Å². The van der Waals surface area contributed by atoms with Crippen molar-refractivity contribution in [3.8, 4) is 0 Å². The van der Waals surface area contributed by atoms with Crippen LogP contribution < -0.4 is 5.43 Å². The van der Waals surface area contributed by atoms with Crippen molar-refractivity contribution in [3.63, 3.8) is 0 Å². The minimum atomic E-state index is -0.327. The molecule has 3 rings (SSSR count). The number of carbonyl (C=O) groups is 1. The van der Waals surface area contributed by atoms with E-state index >= 15 is 0 Å². The first-order valence-electron chi connectivity index (χ1n) is 7.61. The van der Waals surface area contributed by atoms with Crippen molar-refractivity contribution >= 4 is 16.8 Å². The van der Waals surface area contributed by atoms with Crippen LogP contribution in [0.3, 0.4) is 0 Å². The summed E-state index contributed by atoms with van der Waals surface area (Å²) in [6.45, 7) is 0.760. The number of likely N-dealkylation sites (tertiary alicyclic amines) is 1. The Kier molecular flexibility index (Phi) is 4.20. The molecule has 1 unspecified atom stereocenters. The SMILES string of the molecule is O=C(c1n[nH]c2ccccc2c1=O)N1CCCC1CCCO. The molecule has 1 aliphatic rings. The van der Waals surface area contributed by atoms with Gasteiger partial charge in [-0.3, -0.25) is 14.7 Å². The molecular formula is C16H19N3O3. The van der Waals surface area contributed by atoms with Crippen LogP contribution in [-0.4, -0.2) is 45.3 Å². The normalized spacial score (nSPS) is 18.0. The van der Waals surface area contributed by atoms with Gasteiger partial charge in [-0.05, 0) is 37.8 Å². The highest BCUT2D eigenvalue weighted by atomic mass is 16.3. The Morgan fingerprint density at radius 2 is 2.23 bits per heavy atom. The molecule has 0 spiro atoms. The first-order chi connectivity index (χ1) is 10.7. The molecule has 1 aromatic carbocycles. The van der Waals surface area contributed by atoms with E-state index in [9.17, 15) is 9.59 Å². The number of hydrogen-bond acceptors (Lipinski definition) is 4. The molecule has 1 fully saturated rings. The van der Waals surface area contributed by atoms with Gasteiger partial charge in [0.2, 0.25) is 5.43 Å². The molecule has 0 bridgehead atoms. The number of aliphatic hydroxyl groups is 1. The second kappa shape index (κ2) is 6.27. The topological polar surface area (TPSA) is 86.3 Å². The van der Waals surface area contributed by atoms with Gasteiger partial charge in [-0.1, -0.05) is 12.1 Å². The molecule has 6 heteroatoms. The van der Waals surface area contributed by atoms with Crippen LogP contribution in [0.2, 0.25) is 0 Å². The summed E-state index contributed by atoms with van der Waals surface area (Å²) in [6, 6.07) is 7.13. The smallest absolute Gasteiger partial charge is 0.278 e. The highest BCUT2D eigenvalue weighted by molar-refractivity contribution is 5.95. The molecule has 22 heavy (non-hydrogen) atoms. The fourth-order valence-corrected chi connectivity index (χ4v) is 3.08. The molecule has 2 heterocycles. The van der Waals surface area contributed by atoms with Gasteiger partial charge in [-0.25, -0.2) is 0 Å². The highest BCUT2D eigenvalue weighted by Gasteiger charge is 2.31. The summed E-state index contributed by atoms with van der Waals surface area (Å²) in [5.41, 5.74) is 0.254. The second-order valence-corrected chi connectivity index (χ2v) is 5.61. The van der Waals surface area contributed by atoms with Crippen molar-refractivity contribution in [3.05, 3.63) is 40.2 Å². The zero-order valence-electron chi connectivity index (χ0n) is 12.3. The minimum absolute atomic E-state index is 0.0467. The van der Waals surface area contributed by atoms with E-state index in [2.05, 4.69) is 10.2 Å². The maximum atomic E-state index is 12.7. The van der Waals surface area contributed by atoms with Crippen LogP contribution in [0.25, 0.3) is 10.9 Å². The number of rotatable bonds is 4. The van der Waals surface area contributed by atoms with Crippen molar-refractivity contribution in [2.75, 3.05) is 13.2 Å². The van der Waals surface area contributed by atoms with Crippen molar-refractivity contribution in [1.29, 1.82) is 0 Å². The van der Waals surface area contributed by atoms with Gasteiger partial charge in [-0.15, -0.1) is 0 Å². The maximum absolute atomic E-state index is 12.7. The predicted molar refractivity (Wildman–Crippen MR) is 82.7 cm³/mol. The number of aliphatic hydroxyl groups excluding tert-OH is 1. The molecule has 1 saturated heterocycles. The summed E-state index contributed by atoms with van der Waals surface area (Å²) in [5, 5.41) is 16.2. The molecule has 1 atom stereocenters. The number of aromatic nitrogens is 2. The fraction of sp³-hybridized carbons (Fsp3) is 0.438. The average Bonchev–Trinajstić information content (AvgIpc) is 3.01. The van der Waals surface area contributed by atoms with Crippen LogP contribution in [0.5, 0.6) is 0 Å². The summed E-state index contributed by atoms with van der Waals surface area (Å²) in [5.74, 6) is -0.313. The van der Waals surface area contributed by atoms with Crippen molar-refractivity contribution < 1.29 is 9.90 Å². The molecule has 1 amide bonds. The molecule has 6 nitrogen and oxygen atoms in total. The molecule has 2 aromatic rings. The molecular weight excluding hydrogens is 282 g/mol. The summed E-state index contributed by atoms with van der Waals surface area (Å²) in [4.78, 5) is 26.9. The number of benzene rings is 1. The van der Waals surface area contributed by atoms with Crippen molar-refractivity contribution in [2.45, 2.75) is 31.7 Å². The van der Waals surface area contributed by atoms with Gasteiger partial charge in [0, 0.05) is 24.6 Å². The highest BCUT2D eigenvalue weighted by Crippen LogP contribution is 2.22. The molecule has 1 aliphatic heterocycles. The Balaban J connectivity index is 1.92. The summed E-state index contributed by atoms with van der Waals surface area (Å²) >= 11 is 0. The minimum Gasteiger partial charge on any atom is -0.396 e. The number of H-pyrrole nitrogens is 1. The van der Waals surface area contributed by atoms with Gasteiger partial charge in [-0.2, -0.15) is 5.10 Å². The van der Waals surface area contributed by atoms with Gasteiger partial charge >= 0.3 is 0 Å². The van der Waals surface area contributed by atoms with Gasteiger partial charge in [0.25, 0.3) is 5.91 Å². The molecule has 0 saturated carbocycles. The molecule has 2 N–H and O–H groups in total. The lowest BCUT2D eigenvalue weighted by molar-refractivity contribution is 0.0716. The maximum Gasteiger partial charge on any atom is 0.278 e. The fourth-order valence-electron chi connectivity index (χ4n) is 3.08. The quantitative estimate of drug-likeness (QED) is 0.891. The lowest BCUT2D eigenvalue weighted by atomic mass is 10.1. The van der Waals surface area contributed by atoms with Crippen LogP contribution in [-0.2, 0) is 0 Å². The van der Waals surface area contributed by atoms with E-state index in [0.29, 0.717) is 23.9 Å². The van der Waals surface area contributed by atoms with Crippen LogP contribution >= 0.6 is 0 Å². The number of nitrogens with zero attached hydrogens (tertiary/aromatic N) is 2. The second-order valence-electron chi connectivity index (χ2n) is 5.61. The number of fused-ring (bicyclic) bond motifs is 1. The summed E-state index contributed by atoms with van der Waals surface area (Å²) < 4.78 is 0. The van der Waals surface area contributed by atoms with Crippen LogP contribution in [0.15, 0.2) is 29.1 Å². The lowest BCUT2D eigenvalue weighted by Crippen LogP contribution is -2.39. The third-order valence-corrected chi connectivity index (χ3v) is 4.21. The Labute approximate surface area is 127 Å². The number of nitrogens with one attached hydrogen (secondary N) is 1. The van der Waals surface area contributed by atoms with Gasteiger partial charge in [0.15, 0.2) is 5.69 Å². The van der Waals surface area contributed by atoms with E-state index < -0.39 is 0 Å². The zero-order chi connectivity index (χ0) is 15.5. The third kappa shape index (κ3) is 2.62. The molecule has 1 aromatic heterocycles. The number of hydrogen-bond donors (Lipinski definition) is 2. The van der Waals surface area contributed by atoms with E-state index in [0.717, 1.165) is 19.3 Å². The van der Waals surface area contributed by atoms with E-state index in [1.165, 1.54) is 0 Å². The predicted octanol–water partition coefficient (Wildman–Crippen LogP) is 1.30. The van der Waals surface area contributed by atoms with Crippen molar-refractivity contribution in [2.24, 2.45) is 0 Å². The van der Waals surface area contributed by atoms with Crippen LogP contribution in [0.1, 0.15) is 36.2 Å². The Hall–Kier alpha value is -2.21. The summed E-state index contributed by atoms with van der Waals surface area (Å²) in [7, 11) is 0. The molecule has 116 valence electrons. The van der Waals surface area contributed by atoms with E-state index in [1.807, 2.05) is 6.07 Å². The third-order valence-electron chi connectivity index (χ3n) is 4.21. The number of amides is 1. The monoisotopic (exact) mass is 301 g/mol. The van der Waals surface area contributed by atoms with Crippen LogP contribution in [0, 0.1) is 0 Å². The zero-order valence-corrected chi connectivity index (χ0v) is 12.3. The number of para-hydroxylation sites is 1. The Morgan fingerprint density at radius 1 is 1.41 bits per heavy atom. The number of carbonyl (C=O) groups excluding carboxylic acids is 1. The Morgan fingerprint density at radius 3 is 3.05 bits per heavy atom. The first-order valence-corrected chi connectivity index (χ1v) is 7.61. The number of aromatic amines is 1. The van der Waals surface area contributed by atoms with Gasteiger partial charge in [0.05, 0.1) is 5.52 Å². The average molecular weight is 301 g/mol. The lowest BCUT2D eigenvalue weighted by Gasteiger charge is -2.23. The van der Waals surface area contributed by atoms with Crippen molar-refractivity contribution in [1.82, 2.24) is 15.1 Å². The molecule has 0 aliphatic carbocycles.